The summed E-state index contributed by atoms with van der Waals surface area (Å²) in [6, 6.07) is 19.9. The van der Waals surface area contributed by atoms with Crippen LogP contribution in [0, 0.1) is 6.92 Å². The van der Waals surface area contributed by atoms with Gasteiger partial charge in [0.2, 0.25) is 5.95 Å². The van der Waals surface area contributed by atoms with Crippen molar-refractivity contribution >= 4 is 51.6 Å². The fourth-order valence-electron chi connectivity index (χ4n) is 5.67. The van der Waals surface area contributed by atoms with Crippen molar-refractivity contribution in [2.24, 2.45) is 0 Å². The van der Waals surface area contributed by atoms with Crippen LogP contribution < -0.4 is 26.0 Å². The van der Waals surface area contributed by atoms with Crippen molar-refractivity contribution in [3.63, 3.8) is 0 Å². The molecule has 0 unspecified atom stereocenters. The normalized spacial score (nSPS) is 13.1. The van der Waals surface area contributed by atoms with E-state index in [9.17, 15) is 9.59 Å². The number of morpholine rings is 1. The molecule has 3 heterocycles. The number of likely N-dealkylation sites (N-methyl/N-ethyl adjacent to an activating group) is 1. The molecule has 1 aliphatic heterocycles. The average molecular weight is 683 g/mol. The lowest BCUT2D eigenvalue weighted by Crippen LogP contribution is -2.36. The third kappa shape index (κ3) is 7.99. The monoisotopic (exact) mass is 682 g/mol. The van der Waals surface area contributed by atoms with E-state index in [0.717, 1.165) is 49.8 Å². The first-order valence-electron chi connectivity index (χ1n) is 16.4. The summed E-state index contributed by atoms with van der Waals surface area (Å²) in [4.78, 5) is 44.3. The summed E-state index contributed by atoms with van der Waals surface area (Å²) in [7, 11) is 0. The second kappa shape index (κ2) is 15.5. The van der Waals surface area contributed by atoms with Gasteiger partial charge in [-0.1, -0.05) is 25.4 Å². The number of carbonyl (C=O) groups is 1. The van der Waals surface area contributed by atoms with Crippen molar-refractivity contribution in [3.8, 4) is 11.4 Å². The Labute approximate surface area is 289 Å². The van der Waals surface area contributed by atoms with Gasteiger partial charge in [0.15, 0.2) is 5.65 Å². The van der Waals surface area contributed by atoms with Gasteiger partial charge in [0.25, 0.3) is 5.91 Å². The van der Waals surface area contributed by atoms with Crippen LogP contribution in [0.15, 0.2) is 77.7 Å². The number of aromatic nitrogens is 4. The maximum atomic E-state index is 13.4. The molecule has 5 aromatic rings. The number of carbonyl (C=O) groups excluding carboxylic acids is 1. The highest BCUT2D eigenvalue weighted by atomic mass is 35.5. The molecule has 3 aromatic carbocycles. The highest BCUT2D eigenvalue weighted by Crippen LogP contribution is 2.27. The lowest BCUT2D eigenvalue weighted by Gasteiger charge is -2.28. The molecule has 0 aliphatic carbocycles. The van der Waals surface area contributed by atoms with Crippen LogP contribution >= 0.6 is 11.6 Å². The van der Waals surface area contributed by atoms with E-state index in [1.165, 1.54) is 4.57 Å². The lowest BCUT2D eigenvalue weighted by atomic mass is 10.1. The SMILES string of the molecule is CCN(CC)CCOc1ccc(Nc2ncc3c(C)n(-c4cc(NC(=O)c5ccc(N6CCOCC6)cc5)ccc4Cl)c(=O)nc3n2)cc1. The molecule has 2 aromatic heterocycles. The summed E-state index contributed by atoms with van der Waals surface area (Å²) in [5.74, 6) is 0.788. The van der Waals surface area contributed by atoms with E-state index >= 15 is 0 Å². The molecule has 0 atom stereocenters. The zero-order chi connectivity index (χ0) is 34.3. The number of amides is 1. The van der Waals surface area contributed by atoms with Gasteiger partial charge >= 0.3 is 5.69 Å². The molecule has 0 saturated carbocycles. The highest BCUT2D eigenvalue weighted by Gasteiger charge is 2.17. The second-order valence-electron chi connectivity index (χ2n) is 11.5. The smallest absolute Gasteiger partial charge is 0.354 e. The van der Waals surface area contributed by atoms with Crippen molar-refractivity contribution in [2.75, 3.05) is 68.1 Å². The summed E-state index contributed by atoms with van der Waals surface area (Å²) >= 11 is 6.59. The molecule has 1 amide bonds. The van der Waals surface area contributed by atoms with Crippen molar-refractivity contribution in [1.29, 1.82) is 0 Å². The molecule has 0 radical (unpaired) electrons. The average Bonchev–Trinajstić information content (AvgIpc) is 3.12. The number of halogens is 1. The van der Waals surface area contributed by atoms with Crippen molar-refractivity contribution in [3.05, 3.63) is 99.7 Å². The number of rotatable bonds is 12. The third-order valence-corrected chi connectivity index (χ3v) is 8.84. The van der Waals surface area contributed by atoms with E-state index in [0.29, 0.717) is 58.8 Å². The van der Waals surface area contributed by atoms with E-state index in [2.05, 4.69) is 49.2 Å². The molecule has 13 heteroatoms. The molecule has 49 heavy (non-hydrogen) atoms. The second-order valence-corrected chi connectivity index (χ2v) is 11.9. The van der Waals surface area contributed by atoms with Gasteiger partial charge < -0.3 is 29.9 Å². The number of benzene rings is 3. The van der Waals surface area contributed by atoms with E-state index in [4.69, 9.17) is 21.1 Å². The lowest BCUT2D eigenvalue weighted by molar-refractivity contribution is 0.102. The van der Waals surface area contributed by atoms with Gasteiger partial charge in [0, 0.05) is 54.2 Å². The fraction of sp³-hybridized carbons (Fsp3) is 0.306. The van der Waals surface area contributed by atoms with Crippen LogP contribution in [0.3, 0.4) is 0 Å². The Kier molecular flexibility index (Phi) is 10.7. The summed E-state index contributed by atoms with van der Waals surface area (Å²) < 4.78 is 12.7. The standard InChI is InChI=1S/C36H39ClN8O4/c1-4-43(5-2)16-21-49-29-13-8-26(9-14-29)40-35-38-23-30-24(3)45(36(47)42-33(30)41-35)32-22-27(10-15-31(32)37)39-34(46)25-6-11-28(12-7-25)44-17-19-48-20-18-44/h6-15,22-23H,4-5,16-21H2,1-3H3,(H,39,46)(H,40,41,42,47). The molecular formula is C36H39ClN8O4. The predicted molar refractivity (Wildman–Crippen MR) is 193 cm³/mol. The van der Waals surface area contributed by atoms with Crippen LogP contribution in [-0.4, -0.2) is 82.9 Å². The van der Waals surface area contributed by atoms with Crippen LogP contribution in [0.25, 0.3) is 16.7 Å². The van der Waals surface area contributed by atoms with E-state index < -0.39 is 5.69 Å². The van der Waals surface area contributed by atoms with Crippen LogP contribution in [0.5, 0.6) is 5.75 Å². The van der Waals surface area contributed by atoms with Crippen LogP contribution in [0.2, 0.25) is 5.02 Å². The Balaban J connectivity index is 1.16. The first kappa shape index (κ1) is 33.8. The van der Waals surface area contributed by atoms with Crippen molar-refractivity contribution < 1.29 is 14.3 Å². The molecule has 1 fully saturated rings. The fourth-order valence-corrected chi connectivity index (χ4v) is 5.87. The maximum absolute atomic E-state index is 13.4. The molecule has 6 rings (SSSR count). The Hall–Kier alpha value is -5.04. The number of anilines is 4. The van der Waals surface area contributed by atoms with Gasteiger partial charge in [-0.05, 0) is 86.7 Å². The number of fused-ring (bicyclic) bond motifs is 1. The molecule has 0 bridgehead atoms. The molecular weight excluding hydrogens is 644 g/mol. The van der Waals surface area contributed by atoms with Gasteiger partial charge in [-0.3, -0.25) is 9.36 Å². The topological polar surface area (TPSA) is 127 Å². The van der Waals surface area contributed by atoms with Gasteiger partial charge in [-0.15, -0.1) is 0 Å². The molecule has 2 N–H and O–H groups in total. The molecule has 254 valence electrons. The predicted octanol–water partition coefficient (Wildman–Crippen LogP) is 5.69. The number of nitrogens with one attached hydrogen (secondary N) is 2. The van der Waals surface area contributed by atoms with Crippen LogP contribution in [0.1, 0.15) is 29.9 Å². The summed E-state index contributed by atoms with van der Waals surface area (Å²) in [5, 5.41) is 6.97. The minimum absolute atomic E-state index is 0.244. The minimum atomic E-state index is -0.565. The summed E-state index contributed by atoms with van der Waals surface area (Å²) in [6.07, 6.45) is 1.62. The minimum Gasteiger partial charge on any atom is -0.492 e. The number of nitrogens with zero attached hydrogens (tertiary/aromatic N) is 6. The molecule has 12 nitrogen and oxygen atoms in total. The van der Waals surface area contributed by atoms with Gasteiger partial charge in [0.05, 0.1) is 29.3 Å². The Bertz CT molecular complexity index is 1980. The third-order valence-electron chi connectivity index (χ3n) is 8.52. The van der Waals surface area contributed by atoms with Gasteiger partial charge in [-0.2, -0.15) is 9.97 Å². The number of hydrogen-bond donors (Lipinski definition) is 2. The number of hydrogen-bond acceptors (Lipinski definition) is 10. The van der Waals surface area contributed by atoms with Gasteiger partial charge in [0.1, 0.15) is 12.4 Å². The van der Waals surface area contributed by atoms with Crippen LogP contribution in [-0.2, 0) is 4.74 Å². The highest BCUT2D eigenvalue weighted by molar-refractivity contribution is 6.32. The van der Waals surface area contributed by atoms with Gasteiger partial charge in [-0.25, -0.2) is 9.78 Å². The first-order valence-corrected chi connectivity index (χ1v) is 16.7. The number of ether oxygens (including phenoxy) is 2. The van der Waals surface area contributed by atoms with E-state index in [1.807, 2.05) is 36.4 Å². The number of aryl methyl sites for hydroxylation is 1. The zero-order valence-corrected chi connectivity index (χ0v) is 28.5. The maximum Gasteiger partial charge on any atom is 0.354 e. The van der Waals surface area contributed by atoms with E-state index in [1.54, 1.807) is 43.5 Å². The van der Waals surface area contributed by atoms with E-state index in [-0.39, 0.29) is 11.6 Å². The van der Waals surface area contributed by atoms with Crippen LogP contribution in [0.4, 0.5) is 23.0 Å². The van der Waals surface area contributed by atoms with Crippen molar-refractivity contribution in [2.45, 2.75) is 20.8 Å². The summed E-state index contributed by atoms with van der Waals surface area (Å²) in [5.41, 5.74) is 3.39. The molecule has 1 aliphatic rings. The Morgan fingerprint density at radius 2 is 1.69 bits per heavy atom. The Morgan fingerprint density at radius 1 is 0.980 bits per heavy atom. The molecule has 0 spiro atoms. The summed E-state index contributed by atoms with van der Waals surface area (Å²) in [6.45, 7) is 12.5. The Morgan fingerprint density at radius 3 is 2.41 bits per heavy atom. The zero-order valence-electron chi connectivity index (χ0n) is 27.8. The largest absolute Gasteiger partial charge is 0.492 e. The first-order chi connectivity index (χ1) is 23.8. The van der Waals surface area contributed by atoms with Crippen molar-refractivity contribution in [1.82, 2.24) is 24.4 Å². The molecule has 1 saturated heterocycles. The quantitative estimate of drug-likeness (QED) is 0.169.